The third-order valence-electron chi connectivity index (χ3n) is 6.14. The highest BCUT2D eigenvalue weighted by molar-refractivity contribution is 6.32. The summed E-state index contributed by atoms with van der Waals surface area (Å²) < 4.78 is 14.9. The van der Waals surface area contributed by atoms with Crippen LogP contribution in [0.3, 0.4) is 0 Å². The molecule has 3 atom stereocenters. The number of amides is 3. The summed E-state index contributed by atoms with van der Waals surface area (Å²) in [5.41, 5.74) is 6.84. The van der Waals surface area contributed by atoms with Gasteiger partial charge in [-0.1, -0.05) is 43.7 Å². The molecule has 0 radical (unpaired) electrons. The second-order valence-corrected chi connectivity index (χ2v) is 9.63. The number of carbonyl (C=O) groups excluding carboxylic acids is 3. The first-order valence-electron chi connectivity index (χ1n) is 11.7. The van der Waals surface area contributed by atoms with Crippen LogP contribution in [0.2, 0.25) is 5.02 Å². The van der Waals surface area contributed by atoms with Crippen molar-refractivity contribution in [3.63, 3.8) is 0 Å². The first-order chi connectivity index (χ1) is 17.0. The average Bonchev–Trinajstić information content (AvgIpc) is 2.91. The normalized spacial score (nSPS) is 17.1. The van der Waals surface area contributed by atoms with Crippen LogP contribution in [-0.2, 0) is 14.4 Å². The van der Waals surface area contributed by atoms with Crippen molar-refractivity contribution < 1.29 is 18.8 Å². The minimum Gasteiger partial charge on any atom is -0.369 e. The molecule has 0 aliphatic carbocycles. The molecule has 9 heteroatoms. The number of likely N-dealkylation sites (N-methyl/N-ethyl adjacent to an activating group) is 1. The summed E-state index contributed by atoms with van der Waals surface area (Å²) in [6.07, 6.45) is 0.751. The van der Waals surface area contributed by atoms with Gasteiger partial charge in [0, 0.05) is 23.2 Å². The van der Waals surface area contributed by atoms with Gasteiger partial charge in [0.25, 0.3) is 5.91 Å². The predicted molar refractivity (Wildman–Crippen MR) is 139 cm³/mol. The van der Waals surface area contributed by atoms with Crippen molar-refractivity contribution in [1.29, 1.82) is 0 Å². The number of nitrogens with zero attached hydrogens (tertiary/aromatic N) is 2. The summed E-state index contributed by atoms with van der Waals surface area (Å²) in [5.74, 6) is -3.76. The first kappa shape index (κ1) is 27.1. The Balaban J connectivity index is 2.10. The van der Waals surface area contributed by atoms with Crippen LogP contribution < -0.4 is 16.0 Å². The predicted octanol–water partition coefficient (Wildman–Crippen LogP) is 4.08. The van der Waals surface area contributed by atoms with Gasteiger partial charge in [-0.25, -0.2) is 9.38 Å². The van der Waals surface area contributed by atoms with Crippen LogP contribution in [0.25, 0.3) is 0 Å². The van der Waals surface area contributed by atoms with E-state index in [1.165, 1.54) is 17.0 Å². The fourth-order valence-electron chi connectivity index (χ4n) is 4.37. The second-order valence-electron chi connectivity index (χ2n) is 9.20. The Morgan fingerprint density at radius 1 is 1.22 bits per heavy atom. The molecular weight excluding hydrogens is 483 g/mol. The molecule has 1 aliphatic rings. The third-order valence-corrected chi connectivity index (χ3v) is 6.37. The molecule has 2 aromatic carbocycles. The summed E-state index contributed by atoms with van der Waals surface area (Å²) in [5, 5.41) is 3.07. The molecular formula is C27H30ClFN4O3. The van der Waals surface area contributed by atoms with Crippen molar-refractivity contribution in [2.45, 2.75) is 32.9 Å². The maximum atomic E-state index is 14.9. The maximum Gasteiger partial charge on any atom is 0.272 e. The van der Waals surface area contributed by atoms with E-state index in [4.69, 9.17) is 17.3 Å². The molecule has 1 heterocycles. The summed E-state index contributed by atoms with van der Waals surface area (Å²) in [4.78, 5) is 45.0. The largest absolute Gasteiger partial charge is 0.369 e. The molecule has 0 fully saturated rings. The van der Waals surface area contributed by atoms with Gasteiger partial charge >= 0.3 is 0 Å². The van der Waals surface area contributed by atoms with Crippen LogP contribution in [0.5, 0.6) is 0 Å². The SMILES string of the molecule is C=CC[C@H](C(N)=O)[C@@H](CC(C)C)C(=O)NC1N=C(c2ccccc2F)c2cc(Cl)ccc2N(C)C1=O. The molecule has 36 heavy (non-hydrogen) atoms. The number of hydrogen-bond donors (Lipinski definition) is 2. The zero-order valence-corrected chi connectivity index (χ0v) is 21.3. The third kappa shape index (κ3) is 5.82. The van der Waals surface area contributed by atoms with Gasteiger partial charge < -0.3 is 16.0 Å². The van der Waals surface area contributed by atoms with Crippen LogP contribution in [0, 0.1) is 23.6 Å². The lowest BCUT2D eigenvalue weighted by atomic mass is 9.82. The van der Waals surface area contributed by atoms with Gasteiger partial charge in [-0.2, -0.15) is 0 Å². The molecule has 190 valence electrons. The van der Waals surface area contributed by atoms with Gasteiger partial charge in [-0.05, 0) is 49.1 Å². The number of hydrogen-bond acceptors (Lipinski definition) is 4. The zero-order valence-electron chi connectivity index (χ0n) is 20.5. The minimum absolute atomic E-state index is 0.0730. The van der Waals surface area contributed by atoms with Crippen molar-refractivity contribution >= 4 is 40.7 Å². The minimum atomic E-state index is -1.37. The van der Waals surface area contributed by atoms with Crippen molar-refractivity contribution in [2.75, 3.05) is 11.9 Å². The molecule has 0 aromatic heterocycles. The van der Waals surface area contributed by atoms with E-state index in [2.05, 4.69) is 16.9 Å². The molecule has 0 spiro atoms. The van der Waals surface area contributed by atoms with E-state index in [9.17, 15) is 18.8 Å². The number of rotatable bonds is 9. The molecule has 3 amide bonds. The van der Waals surface area contributed by atoms with Crippen molar-refractivity contribution in [1.82, 2.24) is 5.32 Å². The van der Waals surface area contributed by atoms with Crippen LogP contribution in [0.15, 0.2) is 60.1 Å². The molecule has 3 rings (SSSR count). The Labute approximate surface area is 215 Å². The van der Waals surface area contributed by atoms with Crippen molar-refractivity contribution in [3.05, 3.63) is 77.1 Å². The molecule has 0 saturated heterocycles. The van der Waals surface area contributed by atoms with Gasteiger partial charge in [0.1, 0.15) is 5.82 Å². The van der Waals surface area contributed by atoms with Crippen LogP contribution >= 0.6 is 11.6 Å². The number of anilines is 1. The molecule has 1 aliphatic heterocycles. The molecule has 1 unspecified atom stereocenters. The van der Waals surface area contributed by atoms with E-state index in [1.807, 2.05) is 13.8 Å². The van der Waals surface area contributed by atoms with Crippen LogP contribution in [-0.4, -0.2) is 36.6 Å². The fourth-order valence-corrected chi connectivity index (χ4v) is 4.54. The quantitative estimate of drug-likeness (QED) is 0.495. The lowest BCUT2D eigenvalue weighted by Crippen LogP contribution is -2.50. The first-order valence-corrected chi connectivity index (χ1v) is 12.0. The van der Waals surface area contributed by atoms with Crippen LogP contribution in [0.4, 0.5) is 10.1 Å². The number of benzene rings is 2. The van der Waals surface area contributed by atoms with E-state index in [0.717, 1.165) is 0 Å². The smallest absolute Gasteiger partial charge is 0.272 e. The van der Waals surface area contributed by atoms with E-state index >= 15 is 0 Å². The van der Waals surface area contributed by atoms with Crippen molar-refractivity contribution in [3.8, 4) is 0 Å². The average molecular weight is 513 g/mol. The Morgan fingerprint density at radius 3 is 2.53 bits per heavy atom. The molecule has 3 N–H and O–H groups in total. The van der Waals surface area contributed by atoms with Crippen LogP contribution in [0.1, 0.15) is 37.8 Å². The second kappa shape index (κ2) is 11.5. The van der Waals surface area contributed by atoms with Gasteiger partial charge in [0.05, 0.1) is 23.2 Å². The number of halogens is 2. The van der Waals surface area contributed by atoms with Gasteiger partial charge in [0.2, 0.25) is 18.0 Å². The number of nitrogens with one attached hydrogen (secondary N) is 1. The molecule has 0 bridgehead atoms. The number of fused-ring (bicyclic) bond motifs is 1. The fraction of sp³-hybridized carbons (Fsp3) is 0.333. The zero-order chi connectivity index (χ0) is 26.6. The number of aliphatic imine (C=N–C) groups is 1. The summed E-state index contributed by atoms with van der Waals surface area (Å²) in [6, 6.07) is 10.9. The highest BCUT2D eigenvalue weighted by Gasteiger charge is 2.37. The Kier molecular flexibility index (Phi) is 8.63. The topological polar surface area (TPSA) is 105 Å². The molecule has 7 nitrogen and oxygen atoms in total. The number of benzodiazepines with no additional fused rings is 1. The van der Waals surface area contributed by atoms with Gasteiger partial charge in [-0.15, -0.1) is 6.58 Å². The van der Waals surface area contributed by atoms with E-state index in [0.29, 0.717) is 22.7 Å². The van der Waals surface area contributed by atoms with E-state index in [1.54, 1.807) is 43.4 Å². The van der Waals surface area contributed by atoms with E-state index in [-0.39, 0.29) is 23.6 Å². The molecule has 2 aromatic rings. The number of nitrogens with two attached hydrogens (primary N) is 1. The lowest BCUT2D eigenvalue weighted by Gasteiger charge is -2.27. The number of allylic oxidation sites excluding steroid dienone is 1. The highest BCUT2D eigenvalue weighted by atomic mass is 35.5. The summed E-state index contributed by atoms with van der Waals surface area (Å²) in [6.45, 7) is 7.51. The monoisotopic (exact) mass is 512 g/mol. The van der Waals surface area contributed by atoms with Gasteiger partial charge in [0.15, 0.2) is 0 Å². The standard InChI is InChI=1S/C27H30ClFN4O3/c1-5-8-17(24(30)34)19(13-15(2)3)26(35)32-25-27(36)33(4)22-12-11-16(28)14-20(22)23(31-25)18-9-6-7-10-21(18)29/h5-7,9-12,14-15,17,19,25H,1,8,13H2,2-4H3,(H2,30,34)(H,32,35)/t17-,19+,25?/m0/s1. The van der Waals surface area contributed by atoms with E-state index < -0.39 is 41.5 Å². The Hall–Kier alpha value is -3.52. The summed E-state index contributed by atoms with van der Waals surface area (Å²) >= 11 is 6.24. The molecule has 0 saturated carbocycles. The maximum absolute atomic E-state index is 14.9. The van der Waals surface area contributed by atoms with Crippen molar-refractivity contribution in [2.24, 2.45) is 28.5 Å². The number of carbonyl (C=O) groups is 3. The lowest BCUT2D eigenvalue weighted by molar-refractivity contribution is -0.135. The van der Waals surface area contributed by atoms with Gasteiger partial charge in [-0.3, -0.25) is 14.4 Å². The Morgan fingerprint density at radius 2 is 1.92 bits per heavy atom. The Bertz CT molecular complexity index is 1210. The summed E-state index contributed by atoms with van der Waals surface area (Å²) in [7, 11) is 1.55. The highest BCUT2D eigenvalue weighted by Crippen LogP contribution is 2.31. The number of primary amides is 1.